The van der Waals surface area contributed by atoms with E-state index in [0.717, 1.165) is 65.3 Å². The van der Waals surface area contributed by atoms with Crippen molar-refractivity contribution in [2.75, 3.05) is 11.9 Å². The topological polar surface area (TPSA) is 48.8 Å². The van der Waals surface area contributed by atoms with Crippen molar-refractivity contribution in [3.63, 3.8) is 0 Å². The molecular weight excluding hydrogens is 452 g/mol. The van der Waals surface area contributed by atoms with Crippen LogP contribution >= 0.6 is 0 Å². The number of nitrogens with zero attached hydrogens (tertiary/aromatic N) is 2. The number of benzene rings is 3. The van der Waals surface area contributed by atoms with Gasteiger partial charge in [-0.05, 0) is 54.2 Å². The Morgan fingerprint density at radius 3 is 2.14 bits per heavy atom. The van der Waals surface area contributed by atoms with Crippen LogP contribution in [0.5, 0.6) is 0 Å². The van der Waals surface area contributed by atoms with Gasteiger partial charge in [0.1, 0.15) is 0 Å². The van der Waals surface area contributed by atoms with Gasteiger partial charge in [0.05, 0.1) is 17.5 Å². The number of hydrogen-bond acceptors (Lipinski definition) is 4. The van der Waals surface area contributed by atoms with Gasteiger partial charge in [-0.15, -0.1) is 6.58 Å². The molecule has 1 atom stereocenters. The molecule has 0 radical (unpaired) electrons. The molecule has 1 aliphatic heterocycles. The highest BCUT2D eigenvalue weighted by atomic mass is 15.2. The molecule has 1 aliphatic rings. The number of anilines is 1. The van der Waals surface area contributed by atoms with Gasteiger partial charge >= 0.3 is 0 Å². The molecule has 37 heavy (non-hydrogen) atoms. The molecule has 3 aromatic rings. The van der Waals surface area contributed by atoms with Crippen LogP contribution in [0.4, 0.5) is 5.69 Å². The van der Waals surface area contributed by atoms with Crippen molar-refractivity contribution in [1.82, 2.24) is 5.32 Å². The first-order valence-electron chi connectivity index (χ1n) is 13.3. The molecule has 0 bridgehead atoms. The lowest BCUT2D eigenvalue weighted by Gasteiger charge is -2.21. The molecule has 0 aromatic heterocycles. The standard InChI is InChI=1S/C33H38N4/c1-5-6-12-31(28-15-13-26(14-16-28)25(4)34-22-21-24(2)3)35-30-19-17-29(18-20-30)33-23-32(36-37-33)27-10-8-7-9-11-27/h7-11,13-20,31,34-35H,2,4-6,12,21-23H2,1,3H3. The summed E-state index contributed by atoms with van der Waals surface area (Å²) in [6.45, 7) is 13.3. The Kier molecular flexibility index (Phi) is 9.09. The summed E-state index contributed by atoms with van der Waals surface area (Å²) >= 11 is 0. The SMILES string of the molecule is C=C(C)CCNC(=C)c1ccc(C(CCCC)Nc2ccc(C3=NN=C(c4ccccc4)C3)cc2)cc1. The highest BCUT2D eigenvalue weighted by Crippen LogP contribution is 2.27. The summed E-state index contributed by atoms with van der Waals surface area (Å²) in [4.78, 5) is 0. The van der Waals surface area contributed by atoms with E-state index < -0.39 is 0 Å². The van der Waals surface area contributed by atoms with Gasteiger partial charge in [-0.3, -0.25) is 0 Å². The third-order valence-electron chi connectivity index (χ3n) is 6.69. The van der Waals surface area contributed by atoms with Crippen LogP contribution in [0.3, 0.4) is 0 Å². The van der Waals surface area contributed by atoms with Gasteiger partial charge in [0, 0.05) is 24.4 Å². The predicted molar refractivity (Wildman–Crippen MR) is 159 cm³/mol. The molecule has 4 nitrogen and oxygen atoms in total. The lowest BCUT2D eigenvalue weighted by molar-refractivity contribution is 0.634. The van der Waals surface area contributed by atoms with E-state index in [4.69, 9.17) is 0 Å². The van der Waals surface area contributed by atoms with Crippen LogP contribution in [0, 0.1) is 0 Å². The van der Waals surface area contributed by atoms with Crippen molar-refractivity contribution in [2.24, 2.45) is 10.2 Å². The van der Waals surface area contributed by atoms with E-state index in [-0.39, 0.29) is 6.04 Å². The summed E-state index contributed by atoms with van der Waals surface area (Å²) in [5.41, 5.74) is 9.95. The molecule has 4 rings (SSSR count). The summed E-state index contributed by atoms with van der Waals surface area (Å²) in [6, 6.07) is 27.9. The second-order valence-electron chi connectivity index (χ2n) is 9.79. The van der Waals surface area contributed by atoms with E-state index in [9.17, 15) is 0 Å². The van der Waals surface area contributed by atoms with E-state index in [0.29, 0.717) is 0 Å². The number of hydrogen-bond donors (Lipinski definition) is 2. The van der Waals surface area contributed by atoms with Crippen LogP contribution in [-0.2, 0) is 0 Å². The van der Waals surface area contributed by atoms with Crippen molar-refractivity contribution in [1.29, 1.82) is 0 Å². The van der Waals surface area contributed by atoms with Crippen molar-refractivity contribution >= 4 is 22.8 Å². The van der Waals surface area contributed by atoms with Gasteiger partial charge < -0.3 is 10.6 Å². The molecule has 3 aromatic carbocycles. The van der Waals surface area contributed by atoms with Crippen LogP contribution in [0.2, 0.25) is 0 Å². The van der Waals surface area contributed by atoms with Crippen LogP contribution < -0.4 is 10.6 Å². The molecule has 1 unspecified atom stereocenters. The van der Waals surface area contributed by atoms with E-state index in [2.05, 4.69) is 109 Å². The summed E-state index contributed by atoms with van der Waals surface area (Å²) < 4.78 is 0. The number of nitrogens with one attached hydrogen (secondary N) is 2. The third kappa shape index (κ3) is 7.29. The largest absolute Gasteiger partial charge is 0.385 e. The Morgan fingerprint density at radius 1 is 0.865 bits per heavy atom. The molecule has 0 saturated heterocycles. The summed E-state index contributed by atoms with van der Waals surface area (Å²) in [6.07, 6.45) is 5.13. The summed E-state index contributed by atoms with van der Waals surface area (Å²) in [7, 11) is 0. The maximum atomic E-state index is 4.46. The van der Waals surface area contributed by atoms with Crippen molar-refractivity contribution < 1.29 is 0 Å². The average molecular weight is 491 g/mol. The van der Waals surface area contributed by atoms with E-state index in [1.165, 1.54) is 24.0 Å². The Labute approximate surface area is 221 Å². The normalized spacial score (nSPS) is 13.5. The zero-order chi connectivity index (χ0) is 26.0. The molecule has 1 heterocycles. The van der Waals surface area contributed by atoms with E-state index >= 15 is 0 Å². The Balaban J connectivity index is 1.38. The van der Waals surface area contributed by atoms with Crippen LogP contribution in [0.15, 0.2) is 108 Å². The molecule has 0 fully saturated rings. The highest BCUT2D eigenvalue weighted by molar-refractivity contribution is 6.20. The highest BCUT2D eigenvalue weighted by Gasteiger charge is 2.17. The number of rotatable bonds is 13. The fraction of sp³-hybridized carbons (Fsp3) is 0.273. The fourth-order valence-corrected chi connectivity index (χ4v) is 4.44. The molecule has 4 heteroatoms. The molecule has 0 spiro atoms. The molecule has 0 amide bonds. The fourth-order valence-electron chi connectivity index (χ4n) is 4.44. The number of unbranched alkanes of at least 4 members (excludes halogenated alkanes) is 1. The lowest BCUT2D eigenvalue weighted by atomic mass is 9.98. The van der Waals surface area contributed by atoms with Crippen molar-refractivity contribution in [3.05, 3.63) is 120 Å². The van der Waals surface area contributed by atoms with Gasteiger partial charge in [0.25, 0.3) is 0 Å². The minimum absolute atomic E-state index is 0.251. The monoisotopic (exact) mass is 490 g/mol. The van der Waals surface area contributed by atoms with E-state index in [1.54, 1.807) is 0 Å². The molecule has 2 N–H and O–H groups in total. The van der Waals surface area contributed by atoms with Crippen LogP contribution in [0.25, 0.3) is 5.70 Å². The molecule has 0 aliphatic carbocycles. The first-order valence-corrected chi connectivity index (χ1v) is 13.3. The van der Waals surface area contributed by atoms with Gasteiger partial charge in [0.2, 0.25) is 0 Å². The molecule has 190 valence electrons. The predicted octanol–water partition coefficient (Wildman–Crippen LogP) is 8.15. The Bertz CT molecular complexity index is 1250. The molecular formula is C33H38N4. The van der Waals surface area contributed by atoms with Gasteiger partial charge in [0.15, 0.2) is 0 Å². The Hall–Kier alpha value is -3.92. The lowest BCUT2D eigenvalue weighted by Crippen LogP contribution is -2.14. The minimum atomic E-state index is 0.251. The Morgan fingerprint density at radius 2 is 1.51 bits per heavy atom. The van der Waals surface area contributed by atoms with E-state index in [1.807, 2.05) is 18.2 Å². The second-order valence-corrected chi connectivity index (χ2v) is 9.79. The summed E-state index contributed by atoms with van der Waals surface area (Å²) in [5, 5.41) is 16.1. The maximum absolute atomic E-state index is 4.46. The molecule has 0 saturated carbocycles. The van der Waals surface area contributed by atoms with Gasteiger partial charge in [-0.25, -0.2) is 0 Å². The van der Waals surface area contributed by atoms with Gasteiger partial charge in [-0.2, -0.15) is 10.2 Å². The average Bonchev–Trinajstić information content (AvgIpc) is 3.42. The smallest absolute Gasteiger partial charge is 0.0763 e. The van der Waals surface area contributed by atoms with Crippen LogP contribution in [-0.4, -0.2) is 18.0 Å². The van der Waals surface area contributed by atoms with Crippen LogP contribution in [0.1, 0.15) is 74.2 Å². The third-order valence-corrected chi connectivity index (χ3v) is 6.69. The zero-order valence-corrected chi connectivity index (χ0v) is 22.1. The summed E-state index contributed by atoms with van der Waals surface area (Å²) in [5.74, 6) is 0. The van der Waals surface area contributed by atoms with Gasteiger partial charge in [-0.1, -0.05) is 98.6 Å². The first kappa shape index (κ1) is 26.2. The second kappa shape index (κ2) is 12.9. The quantitative estimate of drug-likeness (QED) is 0.237. The maximum Gasteiger partial charge on any atom is 0.0763 e. The minimum Gasteiger partial charge on any atom is -0.385 e. The van der Waals surface area contributed by atoms with Crippen molar-refractivity contribution in [3.8, 4) is 0 Å². The first-order chi connectivity index (χ1) is 18.0. The zero-order valence-electron chi connectivity index (χ0n) is 22.1. The van der Waals surface area contributed by atoms with Crippen molar-refractivity contribution in [2.45, 2.75) is 52.0 Å².